The molecule has 1 saturated carbocycles. The molecule has 1 aliphatic carbocycles. The van der Waals surface area contributed by atoms with E-state index in [2.05, 4.69) is 5.32 Å². The maximum absolute atomic E-state index is 12.9. The Morgan fingerprint density at radius 1 is 1.16 bits per heavy atom. The third-order valence-corrected chi connectivity index (χ3v) is 5.05. The Labute approximate surface area is 145 Å². The summed E-state index contributed by atoms with van der Waals surface area (Å²) in [5, 5.41) is 12.2. The molecule has 0 aromatic heterocycles. The normalized spacial score (nSPS) is 26.2. The number of carboxylic acid groups (broad SMARTS) is 1. The first-order chi connectivity index (χ1) is 11.9. The highest BCUT2D eigenvalue weighted by Gasteiger charge is 2.46. The quantitative estimate of drug-likeness (QED) is 0.824. The van der Waals surface area contributed by atoms with Gasteiger partial charge in [-0.25, -0.2) is 8.78 Å². The van der Waals surface area contributed by atoms with Crippen molar-refractivity contribution in [3.05, 3.63) is 35.9 Å². The van der Waals surface area contributed by atoms with Crippen LogP contribution < -0.4 is 5.32 Å². The Morgan fingerprint density at radius 2 is 1.80 bits per heavy atom. The SMILES string of the molecule is O=C(O)C1CCC(C(=O)NCC2CC(F)(F)C2)N1Cc1ccccc1. The van der Waals surface area contributed by atoms with E-state index in [9.17, 15) is 23.5 Å². The van der Waals surface area contributed by atoms with Crippen LogP contribution in [0.15, 0.2) is 30.3 Å². The molecule has 2 unspecified atom stereocenters. The Bertz CT molecular complexity index is 630. The molecule has 7 heteroatoms. The zero-order valence-corrected chi connectivity index (χ0v) is 13.8. The minimum absolute atomic E-state index is 0.191. The van der Waals surface area contributed by atoms with Crippen LogP contribution in [0.3, 0.4) is 0 Å². The monoisotopic (exact) mass is 352 g/mol. The average molecular weight is 352 g/mol. The molecule has 0 spiro atoms. The summed E-state index contributed by atoms with van der Waals surface area (Å²) in [7, 11) is 0. The lowest BCUT2D eigenvalue weighted by Crippen LogP contribution is -2.50. The van der Waals surface area contributed by atoms with Crippen LogP contribution in [0.2, 0.25) is 0 Å². The minimum atomic E-state index is -2.60. The van der Waals surface area contributed by atoms with E-state index < -0.39 is 24.0 Å². The van der Waals surface area contributed by atoms with E-state index in [0.29, 0.717) is 19.4 Å². The highest BCUT2D eigenvalue weighted by Crippen LogP contribution is 2.41. The van der Waals surface area contributed by atoms with Crippen molar-refractivity contribution in [1.29, 1.82) is 0 Å². The van der Waals surface area contributed by atoms with Gasteiger partial charge in [0.15, 0.2) is 0 Å². The summed E-state index contributed by atoms with van der Waals surface area (Å²) in [6.07, 6.45) is 0.477. The standard InChI is InChI=1S/C18H22F2N2O3/c19-18(20)8-13(9-18)10-21-16(23)14-6-7-15(17(24)25)22(14)11-12-4-2-1-3-5-12/h1-5,13-15H,6-11H2,(H,21,23)(H,24,25). The van der Waals surface area contributed by atoms with Gasteiger partial charge >= 0.3 is 5.97 Å². The molecule has 1 aliphatic heterocycles. The maximum atomic E-state index is 12.9. The van der Waals surface area contributed by atoms with Crippen molar-refractivity contribution in [1.82, 2.24) is 10.2 Å². The molecular formula is C18H22F2N2O3. The van der Waals surface area contributed by atoms with E-state index >= 15 is 0 Å². The van der Waals surface area contributed by atoms with E-state index in [1.165, 1.54) is 0 Å². The second-order valence-corrected chi connectivity index (χ2v) is 6.98. The van der Waals surface area contributed by atoms with Gasteiger partial charge in [0.1, 0.15) is 6.04 Å². The van der Waals surface area contributed by atoms with Gasteiger partial charge in [-0.1, -0.05) is 30.3 Å². The highest BCUT2D eigenvalue weighted by molar-refractivity contribution is 5.84. The molecule has 5 nitrogen and oxygen atoms in total. The van der Waals surface area contributed by atoms with Crippen LogP contribution in [0.1, 0.15) is 31.2 Å². The van der Waals surface area contributed by atoms with Crippen molar-refractivity contribution in [3.8, 4) is 0 Å². The first kappa shape index (κ1) is 17.8. The van der Waals surface area contributed by atoms with Crippen LogP contribution in [0.25, 0.3) is 0 Å². The number of amides is 1. The van der Waals surface area contributed by atoms with Crippen LogP contribution in [0, 0.1) is 5.92 Å². The van der Waals surface area contributed by atoms with Gasteiger partial charge in [-0.2, -0.15) is 0 Å². The predicted octanol–water partition coefficient (Wildman–Crippen LogP) is 2.27. The molecule has 1 aromatic carbocycles. The summed E-state index contributed by atoms with van der Waals surface area (Å²) in [4.78, 5) is 25.7. The summed E-state index contributed by atoms with van der Waals surface area (Å²) >= 11 is 0. The van der Waals surface area contributed by atoms with Crippen molar-refractivity contribution in [2.24, 2.45) is 5.92 Å². The molecule has 2 atom stereocenters. The molecule has 0 bridgehead atoms. The van der Waals surface area contributed by atoms with E-state index in [1.54, 1.807) is 4.90 Å². The fourth-order valence-electron chi connectivity index (χ4n) is 3.72. The van der Waals surface area contributed by atoms with E-state index in [0.717, 1.165) is 5.56 Å². The minimum Gasteiger partial charge on any atom is -0.480 e. The largest absolute Gasteiger partial charge is 0.480 e. The number of likely N-dealkylation sites (tertiary alicyclic amines) is 1. The zero-order valence-electron chi connectivity index (χ0n) is 13.8. The second-order valence-electron chi connectivity index (χ2n) is 6.98. The van der Waals surface area contributed by atoms with Crippen molar-refractivity contribution in [3.63, 3.8) is 0 Å². The Morgan fingerprint density at radius 3 is 2.40 bits per heavy atom. The summed E-state index contributed by atoms with van der Waals surface area (Å²) in [6, 6.07) is 8.15. The molecule has 2 aliphatic rings. The number of carbonyl (C=O) groups excluding carboxylic acids is 1. The third kappa shape index (κ3) is 4.15. The molecule has 1 saturated heterocycles. The van der Waals surface area contributed by atoms with Gasteiger partial charge in [0.2, 0.25) is 11.8 Å². The zero-order chi connectivity index (χ0) is 18.0. The maximum Gasteiger partial charge on any atom is 0.320 e. The van der Waals surface area contributed by atoms with Crippen molar-refractivity contribution in [2.45, 2.75) is 50.2 Å². The number of rotatable bonds is 6. The predicted molar refractivity (Wildman–Crippen MR) is 87.1 cm³/mol. The lowest BCUT2D eigenvalue weighted by atomic mass is 9.81. The molecule has 0 radical (unpaired) electrons. The fraction of sp³-hybridized carbons (Fsp3) is 0.556. The fourth-order valence-corrected chi connectivity index (χ4v) is 3.72. The topological polar surface area (TPSA) is 69.6 Å². The van der Waals surface area contributed by atoms with E-state index in [-0.39, 0.29) is 31.2 Å². The lowest BCUT2D eigenvalue weighted by molar-refractivity contribution is -0.143. The van der Waals surface area contributed by atoms with Crippen LogP contribution in [0.5, 0.6) is 0 Å². The number of carboxylic acids is 1. The number of carbonyl (C=O) groups is 2. The summed E-state index contributed by atoms with van der Waals surface area (Å²) in [5.41, 5.74) is 0.937. The smallest absolute Gasteiger partial charge is 0.320 e. The van der Waals surface area contributed by atoms with Crippen molar-refractivity contribution >= 4 is 11.9 Å². The van der Waals surface area contributed by atoms with Gasteiger partial charge in [-0.15, -0.1) is 0 Å². The first-order valence-electron chi connectivity index (χ1n) is 8.54. The third-order valence-electron chi connectivity index (χ3n) is 5.05. The van der Waals surface area contributed by atoms with E-state index in [4.69, 9.17) is 0 Å². The van der Waals surface area contributed by atoms with Crippen molar-refractivity contribution in [2.75, 3.05) is 6.54 Å². The number of benzene rings is 1. The van der Waals surface area contributed by atoms with E-state index in [1.807, 2.05) is 30.3 Å². The summed E-state index contributed by atoms with van der Waals surface area (Å²) in [6.45, 7) is 0.596. The van der Waals surface area contributed by atoms with Crippen LogP contribution in [-0.4, -0.2) is 46.4 Å². The second kappa shape index (κ2) is 7.07. The van der Waals surface area contributed by atoms with Crippen LogP contribution in [-0.2, 0) is 16.1 Å². The molecule has 1 amide bonds. The highest BCUT2D eigenvalue weighted by atomic mass is 19.3. The number of nitrogens with one attached hydrogen (secondary N) is 1. The molecule has 2 fully saturated rings. The number of aliphatic carboxylic acids is 1. The number of hydrogen-bond donors (Lipinski definition) is 2. The molecule has 1 heterocycles. The van der Waals surface area contributed by atoms with Crippen LogP contribution in [0.4, 0.5) is 8.78 Å². The number of halogens is 2. The number of nitrogens with zero attached hydrogens (tertiary/aromatic N) is 1. The average Bonchev–Trinajstić information content (AvgIpc) is 2.95. The molecular weight excluding hydrogens is 330 g/mol. The van der Waals surface area contributed by atoms with Gasteiger partial charge in [0.05, 0.1) is 6.04 Å². The van der Waals surface area contributed by atoms with Crippen molar-refractivity contribution < 1.29 is 23.5 Å². The van der Waals surface area contributed by atoms with Gasteiger partial charge in [-0.3, -0.25) is 14.5 Å². The number of alkyl halides is 2. The Kier molecular flexibility index (Phi) is 5.03. The molecule has 25 heavy (non-hydrogen) atoms. The molecule has 136 valence electrons. The molecule has 1 aromatic rings. The Balaban J connectivity index is 1.61. The van der Waals surface area contributed by atoms with Gasteiger partial charge in [0, 0.05) is 25.9 Å². The number of hydrogen-bond acceptors (Lipinski definition) is 3. The van der Waals surface area contributed by atoms with Gasteiger partial charge in [0.25, 0.3) is 0 Å². The molecule has 3 rings (SSSR count). The Hall–Kier alpha value is -2.02. The lowest BCUT2D eigenvalue weighted by Gasteiger charge is -2.35. The molecule has 2 N–H and O–H groups in total. The van der Waals surface area contributed by atoms with Gasteiger partial charge in [-0.05, 0) is 24.3 Å². The first-order valence-corrected chi connectivity index (χ1v) is 8.54. The summed E-state index contributed by atoms with van der Waals surface area (Å²) in [5.74, 6) is -4.01. The van der Waals surface area contributed by atoms with Crippen LogP contribution >= 0.6 is 0 Å². The summed E-state index contributed by atoms with van der Waals surface area (Å²) < 4.78 is 25.7. The van der Waals surface area contributed by atoms with Gasteiger partial charge < -0.3 is 10.4 Å².